The van der Waals surface area contributed by atoms with Crippen LogP contribution in [0.1, 0.15) is 27.2 Å². The van der Waals surface area contributed by atoms with Gasteiger partial charge in [0, 0.05) is 19.9 Å². The average molecular weight is 238 g/mol. The lowest BCUT2D eigenvalue weighted by Gasteiger charge is -2.25. The molecule has 1 aromatic rings. The average Bonchev–Trinajstić information content (AvgIpc) is 2.26. The Kier molecular flexibility index (Phi) is 5.15. The Morgan fingerprint density at radius 1 is 1.41 bits per heavy atom. The Morgan fingerprint density at radius 2 is 2.18 bits per heavy atom. The molecule has 1 heterocycles. The van der Waals surface area contributed by atoms with Gasteiger partial charge in [-0.15, -0.1) is 0 Å². The van der Waals surface area contributed by atoms with Crippen molar-refractivity contribution >= 4 is 11.8 Å². The second-order valence-electron chi connectivity index (χ2n) is 4.63. The lowest BCUT2D eigenvalue weighted by molar-refractivity contribution is 0.158. The van der Waals surface area contributed by atoms with Gasteiger partial charge in [-0.2, -0.15) is 4.98 Å². The van der Waals surface area contributed by atoms with E-state index < -0.39 is 0 Å². The standard InChI is InChI=1S/C12H22N4O/c1-5-7-13-11-14-8-6-10(15-11)16-12(2,3)9-17-4/h6,8H,5,7,9H2,1-4H3,(H2,13,14,15,16). The van der Waals surface area contributed by atoms with Crippen molar-refractivity contribution in [3.05, 3.63) is 12.3 Å². The zero-order valence-corrected chi connectivity index (χ0v) is 11.1. The molecule has 1 rings (SSSR count). The maximum Gasteiger partial charge on any atom is 0.224 e. The minimum atomic E-state index is -0.148. The van der Waals surface area contributed by atoms with Crippen molar-refractivity contribution in [1.82, 2.24) is 9.97 Å². The second-order valence-corrected chi connectivity index (χ2v) is 4.63. The van der Waals surface area contributed by atoms with Crippen LogP contribution >= 0.6 is 0 Å². The molecule has 96 valence electrons. The number of hydrogen-bond donors (Lipinski definition) is 2. The fourth-order valence-corrected chi connectivity index (χ4v) is 1.49. The second kappa shape index (κ2) is 6.39. The molecular weight excluding hydrogens is 216 g/mol. The molecule has 1 aromatic heterocycles. The van der Waals surface area contributed by atoms with Gasteiger partial charge in [-0.1, -0.05) is 6.92 Å². The lowest BCUT2D eigenvalue weighted by atomic mass is 10.1. The molecule has 0 saturated carbocycles. The summed E-state index contributed by atoms with van der Waals surface area (Å²) in [7, 11) is 1.69. The quantitative estimate of drug-likeness (QED) is 0.762. The smallest absolute Gasteiger partial charge is 0.224 e. The summed E-state index contributed by atoms with van der Waals surface area (Å²) in [6.45, 7) is 7.74. The fraction of sp³-hybridized carbons (Fsp3) is 0.667. The number of methoxy groups -OCH3 is 1. The summed E-state index contributed by atoms with van der Waals surface area (Å²) in [5, 5.41) is 6.48. The van der Waals surface area contributed by atoms with Gasteiger partial charge < -0.3 is 15.4 Å². The predicted molar refractivity (Wildman–Crippen MR) is 70.4 cm³/mol. The number of nitrogens with one attached hydrogen (secondary N) is 2. The number of anilines is 2. The third kappa shape index (κ3) is 4.99. The summed E-state index contributed by atoms with van der Waals surface area (Å²) in [4.78, 5) is 8.55. The van der Waals surface area contributed by atoms with Crippen molar-refractivity contribution in [2.75, 3.05) is 30.9 Å². The summed E-state index contributed by atoms with van der Waals surface area (Å²) in [5.41, 5.74) is -0.148. The van der Waals surface area contributed by atoms with Gasteiger partial charge in [-0.05, 0) is 26.3 Å². The highest BCUT2D eigenvalue weighted by Crippen LogP contribution is 2.13. The van der Waals surface area contributed by atoms with E-state index in [1.807, 2.05) is 6.07 Å². The van der Waals surface area contributed by atoms with Gasteiger partial charge in [0.25, 0.3) is 0 Å². The van der Waals surface area contributed by atoms with Crippen LogP contribution in [0.25, 0.3) is 0 Å². The number of aromatic nitrogens is 2. The molecule has 0 aromatic carbocycles. The van der Waals surface area contributed by atoms with E-state index in [2.05, 4.69) is 41.4 Å². The lowest BCUT2D eigenvalue weighted by Crippen LogP contribution is -2.36. The van der Waals surface area contributed by atoms with Crippen LogP contribution in [0.4, 0.5) is 11.8 Å². The molecule has 5 nitrogen and oxygen atoms in total. The van der Waals surface area contributed by atoms with Crippen molar-refractivity contribution in [2.24, 2.45) is 0 Å². The van der Waals surface area contributed by atoms with Gasteiger partial charge in [-0.25, -0.2) is 4.98 Å². The van der Waals surface area contributed by atoms with Gasteiger partial charge >= 0.3 is 0 Å². The fourth-order valence-electron chi connectivity index (χ4n) is 1.49. The highest BCUT2D eigenvalue weighted by Gasteiger charge is 2.17. The molecule has 0 radical (unpaired) electrons. The van der Waals surface area contributed by atoms with Crippen molar-refractivity contribution in [1.29, 1.82) is 0 Å². The van der Waals surface area contributed by atoms with Gasteiger partial charge in [-0.3, -0.25) is 0 Å². The Labute approximate surface area is 103 Å². The van der Waals surface area contributed by atoms with Crippen LogP contribution in [0.15, 0.2) is 12.3 Å². The van der Waals surface area contributed by atoms with Crippen molar-refractivity contribution in [2.45, 2.75) is 32.7 Å². The summed E-state index contributed by atoms with van der Waals surface area (Å²) >= 11 is 0. The number of hydrogen-bond acceptors (Lipinski definition) is 5. The zero-order chi connectivity index (χ0) is 12.7. The molecule has 0 spiro atoms. The first-order valence-corrected chi connectivity index (χ1v) is 5.91. The van der Waals surface area contributed by atoms with Crippen molar-refractivity contribution in [3.63, 3.8) is 0 Å². The third-order valence-electron chi connectivity index (χ3n) is 2.16. The Balaban J connectivity index is 2.64. The van der Waals surface area contributed by atoms with Gasteiger partial charge in [0.2, 0.25) is 5.95 Å². The van der Waals surface area contributed by atoms with Crippen molar-refractivity contribution in [3.8, 4) is 0 Å². The van der Waals surface area contributed by atoms with E-state index in [-0.39, 0.29) is 5.54 Å². The summed E-state index contributed by atoms with van der Waals surface area (Å²) in [5.74, 6) is 1.46. The van der Waals surface area contributed by atoms with Gasteiger partial charge in [0.1, 0.15) is 5.82 Å². The largest absolute Gasteiger partial charge is 0.382 e. The van der Waals surface area contributed by atoms with E-state index in [1.54, 1.807) is 13.3 Å². The first-order valence-electron chi connectivity index (χ1n) is 5.91. The molecule has 0 fully saturated rings. The Morgan fingerprint density at radius 3 is 2.82 bits per heavy atom. The third-order valence-corrected chi connectivity index (χ3v) is 2.16. The molecular formula is C12H22N4O. The van der Waals surface area contributed by atoms with E-state index in [9.17, 15) is 0 Å². The summed E-state index contributed by atoms with van der Waals surface area (Å²) < 4.78 is 5.15. The molecule has 0 atom stereocenters. The zero-order valence-electron chi connectivity index (χ0n) is 11.1. The van der Waals surface area contributed by atoms with Gasteiger partial charge in [0.15, 0.2) is 0 Å². The molecule has 0 aliphatic heterocycles. The predicted octanol–water partition coefficient (Wildman–Crippen LogP) is 2.14. The van der Waals surface area contributed by atoms with Crippen LogP contribution < -0.4 is 10.6 Å². The molecule has 0 bridgehead atoms. The SMILES string of the molecule is CCCNc1nccc(NC(C)(C)COC)n1. The van der Waals surface area contributed by atoms with Crippen molar-refractivity contribution < 1.29 is 4.74 Å². The van der Waals surface area contributed by atoms with Crippen LogP contribution in [0.3, 0.4) is 0 Å². The number of rotatable bonds is 7. The topological polar surface area (TPSA) is 59.1 Å². The Hall–Kier alpha value is -1.36. The molecule has 0 saturated heterocycles. The van der Waals surface area contributed by atoms with Gasteiger partial charge in [0.05, 0.1) is 12.1 Å². The highest BCUT2D eigenvalue weighted by atomic mass is 16.5. The number of ether oxygens (including phenoxy) is 1. The molecule has 17 heavy (non-hydrogen) atoms. The van der Waals surface area contributed by atoms with E-state index in [0.29, 0.717) is 12.6 Å². The molecule has 0 aliphatic rings. The Bertz CT molecular complexity index is 341. The first-order chi connectivity index (χ1) is 8.07. The monoisotopic (exact) mass is 238 g/mol. The minimum absolute atomic E-state index is 0.148. The molecule has 0 aliphatic carbocycles. The molecule has 5 heteroatoms. The molecule has 0 unspecified atom stereocenters. The van der Waals surface area contributed by atoms with Crippen LogP contribution in [0.2, 0.25) is 0 Å². The molecule has 0 amide bonds. The minimum Gasteiger partial charge on any atom is -0.382 e. The van der Waals surface area contributed by atoms with E-state index >= 15 is 0 Å². The first kappa shape index (κ1) is 13.7. The number of nitrogens with zero attached hydrogens (tertiary/aromatic N) is 2. The maximum absolute atomic E-state index is 5.15. The summed E-state index contributed by atoms with van der Waals surface area (Å²) in [6, 6.07) is 1.86. The van der Waals surface area contributed by atoms with Crippen LogP contribution in [0, 0.1) is 0 Å². The maximum atomic E-state index is 5.15. The normalized spacial score (nSPS) is 11.3. The highest BCUT2D eigenvalue weighted by molar-refractivity contribution is 5.41. The molecule has 2 N–H and O–H groups in total. The van der Waals surface area contributed by atoms with Crippen LogP contribution in [-0.4, -0.2) is 35.8 Å². The van der Waals surface area contributed by atoms with E-state index in [1.165, 1.54) is 0 Å². The van der Waals surface area contributed by atoms with Crippen LogP contribution in [0.5, 0.6) is 0 Å². The van der Waals surface area contributed by atoms with Crippen LogP contribution in [-0.2, 0) is 4.74 Å². The van der Waals surface area contributed by atoms with E-state index in [0.717, 1.165) is 18.8 Å². The van der Waals surface area contributed by atoms with E-state index in [4.69, 9.17) is 4.74 Å². The summed E-state index contributed by atoms with van der Waals surface area (Å²) in [6.07, 6.45) is 2.80.